The zero-order valence-electron chi connectivity index (χ0n) is 26.9. The van der Waals surface area contributed by atoms with Gasteiger partial charge in [-0.1, -0.05) is 127 Å². The minimum atomic E-state index is 0.685. The van der Waals surface area contributed by atoms with Crippen LogP contribution in [-0.4, -0.2) is 15.0 Å². The van der Waals surface area contributed by atoms with Gasteiger partial charge in [-0.3, -0.25) is 0 Å². The average Bonchev–Trinajstić information content (AvgIpc) is 3.53. The summed E-state index contributed by atoms with van der Waals surface area (Å²) in [4.78, 5) is 12.6. The van der Waals surface area contributed by atoms with Crippen molar-refractivity contribution in [2.45, 2.75) is 0 Å². The zero-order chi connectivity index (χ0) is 32.8. The second-order valence-electron chi connectivity index (χ2n) is 13.2. The first-order valence-corrected chi connectivity index (χ1v) is 17.0. The van der Waals surface area contributed by atoms with Crippen LogP contribution in [-0.2, 0) is 0 Å². The van der Waals surface area contributed by atoms with Gasteiger partial charge in [-0.25, -0.2) is 15.0 Å². The van der Waals surface area contributed by atoms with Crippen LogP contribution in [0.15, 0.2) is 164 Å². The molecule has 11 rings (SSSR count). The van der Waals surface area contributed by atoms with Gasteiger partial charge in [0.15, 0.2) is 5.82 Å². The van der Waals surface area contributed by atoms with Gasteiger partial charge >= 0.3 is 0 Å². The van der Waals surface area contributed by atoms with Crippen molar-refractivity contribution in [3.8, 4) is 55.9 Å². The Hall–Kier alpha value is -6.71. The molecule has 1 aliphatic carbocycles. The maximum absolute atomic E-state index is 4.31. The second kappa shape index (κ2) is 10.4. The van der Waals surface area contributed by atoms with E-state index >= 15 is 0 Å². The maximum atomic E-state index is 4.31. The Morgan fingerprint density at radius 3 is 1.40 bits per heavy atom. The lowest BCUT2D eigenvalue weighted by Gasteiger charge is -2.13. The number of nitrogens with zero attached hydrogens (tertiary/aromatic N) is 3. The molecule has 0 saturated carbocycles. The molecule has 0 spiro atoms. The van der Waals surface area contributed by atoms with Crippen LogP contribution >= 0.6 is 0 Å². The summed E-state index contributed by atoms with van der Waals surface area (Å²) in [6.07, 6.45) is 3.07. The number of benzene rings is 9. The summed E-state index contributed by atoms with van der Waals surface area (Å²) in [5.74, 6) is 0.685. The molecule has 0 fully saturated rings. The Balaban J connectivity index is 1.00. The van der Waals surface area contributed by atoms with Crippen molar-refractivity contribution < 1.29 is 0 Å². The highest BCUT2D eigenvalue weighted by molar-refractivity contribution is 6.31. The Morgan fingerprint density at radius 1 is 0.320 bits per heavy atom. The highest BCUT2D eigenvalue weighted by Gasteiger charge is 2.27. The van der Waals surface area contributed by atoms with Crippen molar-refractivity contribution >= 4 is 53.9 Å². The predicted molar refractivity (Wildman–Crippen MR) is 208 cm³/mol. The third-order valence-electron chi connectivity index (χ3n) is 10.6. The van der Waals surface area contributed by atoms with Gasteiger partial charge in [0.05, 0.1) is 0 Å². The second-order valence-corrected chi connectivity index (χ2v) is 13.2. The van der Waals surface area contributed by atoms with Gasteiger partial charge < -0.3 is 0 Å². The average molecular weight is 634 g/mol. The molecule has 3 heteroatoms. The first-order chi connectivity index (χ1) is 24.8. The number of aromatic nitrogens is 3. The van der Waals surface area contributed by atoms with E-state index in [0.717, 1.165) is 10.9 Å². The van der Waals surface area contributed by atoms with Crippen molar-refractivity contribution in [1.82, 2.24) is 15.0 Å². The van der Waals surface area contributed by atoms with Gasteiger partial charge in [-0.05, 0) is 123 Å². The molecule has 0 atom stereocenters. The van der Waals surface area contributed by atoms with E-state index in [1.165, 1.54) is 106 Å². The van der Waals surface area contributed by atoms with Crippen LogP contribution in [0.1, 0.15) is 0 Å². The molecule has 10 aromatic rings. The summed E-state index contributed by atoms with van der Waals surface area (Å²) in [5.41, 5.74) is 11.3. The van der Waals surface area contributed by atoms with E-state index in [4.69, 9.17) is 0 Å². The lowest BCUT2D eigenvalue weighted by molar-refractivity contribution is 1.06. The van der Waals surface area contributed by atoms with Crippen LogP contribution in [0, 0.1) is 0 Å². The summed E-state index contributed by atoms with van der Waals surface area (Å²) in [6.45, 7) is 0. The predicted octanol–water partition coefficient (Wildman–Crippen LogP) is 12.3. The largest absolute Gasteiger partial charge is 0.225 e. The fourth-order valence-corrected chi connectivity index (χ4v) is 8.32. The topological polar surface area (TPSA) is 38.7 Å². The summed E-state index contributed by atoms with van der Waals surface area (Å²) in [7, 11) is 0. The van der Waals surface area contributed by atoms with E-state index in [1.54, 1.807) is 0 Å². The minimum absolute atomic E-state index is 0.685. The van der Waals surface area contributed by atoms with Crippen LogP contribution in [0.5, 0.6) is 0 Å². The van der Waals surface area contributed by atoms with Crippen molar-refractivity contribution in [2.75, 3.05) is 0 Å². The van der Waals surface area contributed by atoms with E-state index in [9.17, 15) is 0 Å². The van der Waals surface area contributed by atoms with Crippen molar-refractivity contribution in [3.63, 3.8) is 0 Å². The van der Waals surface area contributed by atoms with Crippen LogP contribution in [0.25, 0.3) is 110 Å². The summed E-state index contributed by atoms with van der Waals surface area (Å²) < 4.78 is 0. The Bertz CT molecular complexity index is 2970. The van der Waals surface area contributed by atoms with Gasteiger partial charge in [0.1, 0.15) is 12.7 Å². The van der Waals surface area contributed by atoms with E-state index in [2.05, 4.69) is 167 Å². The molecule has 0 bridgehead atoms. The van der Waals surface area contributed by atoms with Gasteiger partial charge in [0, 0.05) is 5.56 Å². The molecule has 0 saturated heterocycles. The van der Waals surface area contributed by atoms with Crippen LogP contribution in [0.3, 0.4) is 0 Å². The Morgan fingerprint density at radius 2 is 0.780 bits per heavy atom. The van der Waals surface area contributed by atoms with Gasteiger partial charge in [-0.2, -0.15) is 0 Å². The van der Waals surface area contributed by atoms with Crippen LogP contribution < -0.4 is 0 Å². The maximum Gasteiger partial charge on any atom is 0.162 e. The molecule has 0 radical (unpaired) electrons. The first kappa shape index (κ1) is 27.3. The first-order valence-electron chi connectivity index (χ1n) is 17.0. The molecule has 0 amide bonds. The van der Waals surface area contributed by atoms with E-state index in [0.29, 0.717) is 5.82 Å². The summed E-state index contributed by atoms with van der Waals surface area (Å²) >= 11 is 0. The molecule has 1 aromatic heterocycles. The number of hydrogen-bond acceptors (Lipinski definition) is 3. The molecule has 0 N–H and O–H groups in total. The minimum Gasteiger partial charge on any atom is -0.225 e. The lowest BCUT2D eigenvalue weighted by atomic mass is 9.90. The smallest absolute Gasteiger partial charge is 0.162 e. The quantitative estimate of drug-likeness (QED) is 0.182. The van der Waals surface area contributed by atoms with Gasteiger partial charge in [0.2, 0.25) is 0 Å². The molecule has 1 aliphatic rings. The molecule has 9 aromatic carbocycles. The van der Waals surface area contributed by atoms with Crippen LogP contribution in [0.4, 0.5) is 0 Å². The Labute approximate surface area is 288 Å². The fourth-order valence-electron chi connectivity index (χ4n) is 8.32. The zero-order valence-corrected chi connectivity index (χ0v) is 26.9. The van der Waals surface area contributed by atoms with Gasteiger partial charge in [-0.15, -0.1) is 0 Å². The third kappa shape index (κ3) is 3.95. The normalized spacial score (nSPS) is 12.0. The van der Waals surface area contributed by atoms with E-state index in [1.807, 2.05) is 0 Å². The lowest BCUT2D eigenvalue weighted by Crippen LogP contribution is -1.89. The highest BCUT2D eigenvalue weighted by atomic mass is 15.0. The molecule has 0 aliphatic heterocycles. The number of hydrogen-bond donors (Lipinski definition) is 0. The highest BCUT2D eigenvalue weighted by Crippen LogP contribution is 2.54. The number of rotatable bonds is 3. The van der Waals surface area contributed by atoms with Crippen molar-refractivity contribution in [1.29, 1.82) is 0 Å². The standard InChI is InChI=1S/C47H27N3/c1-3-8-40-37(6-1)38-7-2-4-9-41(38)46-43-21-20-36(39-10-5-11-42(44(39)43)45(40)46)34-18-16-30-22-28(12-14-32(30)24-34)29-13-15-33-25-35(19-17-31(33)23-29)47-49-26-48-27-50-47/h1-27H. The third-order valence-corrected chi connectivity index (χ3v) is 10.6. The molecule has 50 heavy (non-hydrogen) atoms. The number of fused-ring (bicyclic) bond motifs is 10. The SMILES string of the molecule is c1cc2c3c(ccc(-c4ccc5cc(-c6ccc7cc(-c8ncncn8)ccc7c6)ccc5c4)c3c1)-c1c-2c2ccccc2c2ccccc12. The molecular formula is C47H27N3. The van der Waals surface area contributed by atoms with Crippen molar-refractivity contribution in [3.05, 3.63) is 164 Å². The molecule has 3 nitrogen and oxygen atoms in total. The molecule has 1 heterocycles. The van der Waals surface area contributed by atoms with E-state index in [-0.39, 0.29) is 0 Å². The molecular weight excluding hydrogens is 607 g/mol. The van der Waals surface area contributed by atoms with Crippen LogP contribution in [0.2, 0.25) is 0 Å². The molecule has 0 unspecified atom stereocenters. The van der Waals surface area contributed by atoms with E-state index < -0.39 is 0 Å². The Kier molecular flexibility index (Phi) is 5.67. The van der Waals surface area contributed by atoms with Crippen molar-refractivity contribution in [2.24, 2.45) is 0 Å². The monoisotopic (exact) mass is 633 g/mol. The summed E-state index contributed by atoms with van der Waals surface area (Å²) in [6, 6.07) is 56.0. The fraction of sp³-hybridized carbons (Fsp3) is 0. The van der Waals surface area contributed by atoms with Gasteiger partial charge in [0.25, 0.3) is 0 Å². The molecule has 230 valence electrons. The summed E-state index contributed by atoms with van der Waals surface area (Å²) in [5, 5.41) is 12.7.